The van der Waals surface area contributed by atoms with Crippen LogP contribution in [0.3, 0.4) is 0 Å². The van der Waals surface area contributed by atoms with Crippen LogP contribution >= 0.6 is 43.5 Å². The molecule has 0 amide bonds. The molecule has 0 radical (unpaired) electrons. The number of hydrogen-bond donors (Lipinski definition) is 2. The summed E-state index contributed by atoms with van der Waals surface area (Å²) in [7, 11) is 1.99. The van der Waals surface area contributed by atoms with Crippen LogP contribution in [0.1, 0.15) is 188 Å². The van der Waals surface area contributed by atoms with Gasteiger partial charge in [0.25, 0.3) is 0 Å². The molecule has 788 valence electrons. The topological polar surface area (TPSA) is 330 Å². The molecule has 0 bridgehead atoms. The van der Waals surface area contributed by atoms with E-state index in [2.05, 4.69) is 199 Å². The zero-order chi connectivity index (χ0) is 109. The van der Waals surface area contributed by atoms with Gasteiger partial charge in [-0.1, -0.05) is 216 Å². The number of aromatic nitrogens is 11. The summed E-state index contributed by atoms with van der Waals surface area (Å²) in [5.41, 5.74) is 24.3. The minimum Gasteiger partial charge on any atom is -0.497 e. The van der Waals surface area contributed by atoms with Crippen LogP contribution in [0.15, 0.2) is 303 Å². The molecular formula is C113H138Br2ClFN16O11S4. The third-order valence-corrected chi connectivity index (χ3v) is 32.1. The van der Waals surface area contributed by atoms with Gasteiger partial charge in [-0.2, -0.15) is 12.9 Å². The Balaban J connectivity index is 0.000000202. The first-order valence-electron chi connectivity index (χ1n) is 47.5. The zero-order valence-electron chi connectivity index (χ0n) is 89.2. The Morgan fingerprint density at radius 2 is 0.676 bits per heavy atom. The minimum absolute atomic E-state index is 0.0263. The molecule has 0 unspecified atom stereocenters. The van der Waals surface area contributed by atoms with E-state index in [1.54, 1.807) is 115 Å². The third kappa shape index (κ3) is 35.0. The molecule has 27 nitrogen and oxygen atoms in total. The summed E-state index contributed by atoms with van der Waals surface area (Å²) >= 11 is 12.2. The lowest BCUT2D eigenvalue weighted by Crippen LogP contribution is -2.26. The highest BCUT2D eigenvalue weighted by molar-refractivity contribution is 9.10. The van der Waals surface area contributed by atoms with Gasteiger partial charge in [-0.15, -0.1) is 0 Å². The summed E-state index contributed by atoms with van der Waals surface area (Å²) < 4.78 is 144. The van der Waals surface area contributed by atoms with Gasteiger partial charge < -0.3 is 33.6 Å². The summed E-state index contributed by atoms with van der Waals surface area (Å²) in [6.45, 7) is 35.0. The van der Waals surface area contributed by atoms with E-state index < -0.39 is 45.9 Å². The lowest BCUT2D eigenvalue weighted by molar-refractivity contribution is 0.414. The molecule has 148 heavy (non-hydrogen) atoms. The van der Waals surface area contributed by atoms with Crippen LogP contribution < -0.4 is 24.7 Å². The Kier molecular flexibility index (Phi) is 41.9. The zero-order valence-corrected chi connectivity index (χ0v) is 96.4. The SMILES string of the molecule is CC(C)(C)c1ccc(Cl)nc1.CC(C)(C)c1ccc(N)nc1.CNS(=O)(=O)c1ccc(Cc2ccc(C(C)(C)C)cn2)c(-c2cn(C)cn2)c1.COc1ccc(CN(C)S(=O)(=O)c2ccc(Cc3ccc(C(C)(C)C)cn3)c(-c3cn(C)cn3)c2)cc1.COc1ccc(CN(C)S(=O)(=O)c2ccc(Cc3ccc(C(C)(C)C)cn3)c(Br)c2)cc1.COc1ccc(CN(C)S(=O)(=O)c2ccc(F)c(Br)c2)cc1.Cc1cn(C)cn1. The number of imidazole rings is 3. The van der Waals surface area contributed by atoms with E-state index >= 15 is 0 Å². The molecule has 15 aromatic rings. The smallest absolute Gasteiger partial charge is 0.243 e. The van der Waals surface area contributed by atoms with Gasteiger partial charge in [-0.25, -0.2) is 67.7 Å². The number of nitrogen functional groups attached to an aromatic ring is 1. The van der Waals surface area contributed by atoms with Gasteiger partial charge >= 0.3 is 0 Å². The van der Waals surface area contributed by atoms with Crippen molar-refractivity contribution < 1.29 is 52.3 Å². The molecule has 0 aliphatic carbocycles. The number of methoxy groups -OCH3 is 3. The highest BCUT2D eigenvalue weighted by atomic mass is 79.9. The predicted octanol–water partition coefficient (Wildman–Crippen LogP) is 23.2. The van der Waals surface area contributed by atoms with Crippen LogP contribution in [0.25, 0.3) is 22.5 Å². The van der Waals surface area contributed by atoms with Gasteiger partial charge in [0.05, 0.1) is 81.4 Å². The van der Waals surface area contributed by atoms with Gasteiger partial charge in [0, 0.05) is 163 Å². The number of anilines is 1. The highest BCUT2D eigenvalue weighted by Crippen LogP contribution is 2.36. The molecular weight excluding hydrogens is 2100 g/mol. The molecule has 7 aromatic carbocycles. The highest BCUT2D eigenvalue weighted by Gasteiger charge is 2.29. The average Bonchev–Trinajstić information content (AvgIpc) is 1.44. The minimum atomic E-state index is -3.74. The maximum atomic E-state index is 13.5. The Bertz CT molecular complexity index is 7300. The molecule has 0 saturated heterocycles. The maximum Gasteiger partial charge on any atom is 0.243 e. The normalized spacial score (nSPS) is 11.9. The maximum absolute atomic E-state index is 13.5. The van der Waals surface area contributed by atoms with Crippen molar-refractivity contribution in [2.45, 2.75) is 196 Å². The Morgan fingerprint density at radius 1 is 0.372 bits per heavy atom. The van der Waals surface area contributed by atoms with E-state index in [-0.39, 0.29) is 70.8 Å². The van der Waals surface area contributed by atoms with Crippen molar-refractivity contribution in [1.29, 1.82) is 0 Å². The second-order valence-electron chi connectivity index (χ2n) is 40.8. The number of halogens is 4. The van der Waals surface area contributed by atoms with Crippen LogP contribution in [0.5, 0.6) is 17.2 Å². The Labute approximate surface area is 897 Å². The van der Waals surface area contributed by atoms with Crippen LogP contribution in [0, 0.1) is 12.7 Å². The summed E-state index contributed by atoms with van der Waals surface area (Å²) in [4.78, 5) is 35.5. The lowest BCUT2D eigenvalue weighted by atomic mass is 9.88. The molecule has 0 atom stereocenters. The molecule has 0 aliphatic rings. The van der Waals surface area contributed by atoms with Gasteiger partial charge in [0.2, 0.25) is 40.1 Å². The standard InChI is InChI=1S/C29H34N4O3S.C25H29BrN2O3S.C21H26N4O2S.C15H15BrFNO3S.C9H12ClN.C9H14N2.C5H8N2/c1-29(2,3)23-10-11-24(30-17-23)15-22-9-14-26(16-27(22)28-19-32(4)20-31-28)37(34,35)33(5)18-21-7-12-25(36-6)13-8-21;1-25(2,3)20-9-10-21(27-16-20)14-19-8-13-23(15-24(19)26)32(29,30)28(4)17-18-6-11-22(31-5)12-7-18;1-21(2,3)16-7-8-17(23-12-16)10-15-6-9-18(28(26,27)22-4)11-19(15)20-13-25(5)14-24-20;1-18(10-11-3-5-12(21-2)6-4-11)22(19,20)13-7-8-15(17)14(16)9-13;2*1-9(2,3)7-4-5-8(10)11-6-7;1-5-3-7(2)4-6-5/h7-14,16-17,19-20H,15,18H2,1-6H3;6-13,15-16H,14,17H2,1-5H3;6-9,11-14,22H,10H2,1-5H3;3-9H,10H2,1-2H3;4-6H,1-3H3;4-6H,1-3H3,(H2,10,11);3-4H,1-2H3. The first-order chi connectivity index (χ1) is 69.2. The fourth-order valence-electron chi connectivity index (χ4n) is 14.4. The number of ether oxygens (including phenoxy) is 3. The van der Waals surface area contributed by atoms with Crippen molar-refractivity contribution in [2.24, 2.45) is 21.1 Å². The number of nitrogens with zero attached hydrogens (tertiary/aromatic N) is 14. The first-order valence-corrected chi connectivity index (χ1v) is 55.3. The van der Waals surface area contributed by atoms with Gasteiger partial charge in [-0.3, -0.25) is 15.0 Å². The molecule has 8 heterocycles. The first kappa shape index (κ1) is 119. The number of sulfonamides is 4. The van der Waals surface area contributed by atoms with Gasteiger partial charge in [-0.05, 0) is 240 Å². The number of nitrogens with two attached hydrogens (primary N) is 1. The van der Waals surface area contributed by atoms with E-state index in [9.17, 15) is 38.1 Å². The van der Waals surface area contributed by atoms with E-state index in [1.165, 1.54) is 67.0 Å². The summed E-state index contributed by atoms with van der Waals surface area (Å²) in [6.07, 6.45) is 22.1. The van der Waals surface area contributed by atoms with Crippen LogP contribution in [0.2, 0.25) is 5.15 Å². The molecule has 35 heteroatoms. The van der Waals surface area contributed by atoms with Crippen molar-refractivity contribution >= 4 is 89.4 Å². The van der Waals surface area contributed by atoms with Gasteiger partial charge in [0.15, 0.2) is 0 Å². The van der Waals surface area contributed by atoms with E-state index in [0.29, 0.717) is 36.0 Å². The number of benzene rings is 7. The van der Waals surface area contributed by atoms with Crippen LogP contribution in [-0.2, 0) is 127 Å². The molecule has 15 rings (SSSR count). The number of nitrogens with one attached hydrogen (secondary N) is 1. The van der Waals surface area contributed by atoms with Crippen molar-refractivity contribution in [3.05, 3.63) is 379 Å². The largest absolute Gasteiger partial charge is 0.497 e. The third-order valence-electron chi connectivity index (χ3n) is 23.7. The molecule has 0 fully saturated rings. The molecule has 3 N–H and O–H groups in total. The lowest BCUT2D eigenvalue weighted by Gasteiger charge is -2.19. The predicted molar refractivity (Wildman–Crippen MR) is 597 cm³/mol. The number of aryl methyl sites for hydroxylation is 4. The molecule has 8 aromatic heterocycles. The van der Waals surface area contributed by atoms with Crippen molar-refractivity contribution in [2.75, 3.05) is 55.3 Å². The number of rotatable bonds is 25. The molecule has 0 saturated carbocycles. The van der Waals surface area contributed by atoms with Gasteiger partial charge in [0.1, 0.15) is 34.0 Å². The molecule has 0 aliphatic heterocycles. The summed E-state index contributed by atoms with van der Waals surface area (Å²) in [6, 6.07) is 61.2. The van der Waals surface area contributed by atoms with Crippen LogP contribution in [-0.4, -0.2) is 150 Å². The Morgan fingerprint density at radius 3 is 0.953 bits per heavy atom. The Hall–Kier alpha value is -12.1. The second-order valence-corrected chi connectivity index (χ2v) is 50.9. The summed E-state index contributed by atoms with van der Waals surface area (Å²) in [5.74, 6) is 2.25. The van der Waals surface area contributed by atoms with E-state index in [1.807, 2.05) is 201 Å². The second kappa shape index (κ2) is 51.9. The van der Waals surface area contributed by atoms with Crippen molar-refractivity contribution in [3.63, 3.8) is 0 Å². The molecule has 0 spiro atoms. The average molecular weight is 2240 g/mol. The fourth-order valence-corrected chi connectivity index (χ4v) is 20.0. The van der Waals surface area contributed by atoms with Crippen LogP contribution in [0.4, 0.5) is 10.2 Å². The summed E-state index contributed by atoms with van der Waals surface area (Å²) in [5, 5.41) is 0.554. The fraction of sp³-hybridized carbons (Fsp3) is 0.327. The number of hydrogen-bond acceptors (Lipinski definition) is 20. The quantitative estimate of drug-likeness (QED) is 0.0502. The van der Waals surface area contributed by atoms with E-state index in [4.69, 9.17) is 31.5 Å². The number of pyridine rings is 5. The van der Waals surface area contributed by atoms with Crippen molar-refractivity contribution in [1.82, 2.24) is 71.2 Å². The van der Waals surface area contributed by atoms with E-state index in [0.717, 1.165) is 101 Å². The van der Waals surface area contributed by atoms with Crippen molar-refractivity contribution in [3.8, 4) is 39.8 Å². The monoisotopic (exact) mass is 2230 g/mol.